The van der Waals surface area contributed by atoms with E-state index in [4.69, 9.17) is 17.3 Å². The van der Waals surface area contributed by atoms with E-state index in [1.165, 1.54) is 0 Å². The van der Waals surface area contributed by atoms with Crippen molar-refractivity contribution >= 4 is 35.1 Å². The van der Waals surface area contributed by atoms with Gasteiger partial charge in [0.2, 0.25) is 5.91 Å². The average Bonchev–Trinajstić information content (AvgIpc) is 3.17. The molecule has 0 spiro atoms. The molecular formula is C21H20ClN5O2S. The van der Waals surface area contributed by atoms with E-state index in [0.29, 0.717) is 58.5 Å². The number of amides is 1. The number of carbonyl (C=O) groups is 1. The lowest BCUT2D eigenvalue weighted by atomic mass is 10.0. The Morgan fingerprint density at radius 2 is 2.03 bits per heavy atom. The quantitative estimate of drug-likeness (QED) is 0.659. The molecule has 2 unspecified atom stereocenters. The summed E-state index contributed by atoms with van der Waals surface area (Å²) in [6.45, 7) is 2.77. The molecule has 2 heterocycles. The molecule has 0 radical (unpaired) electrons. The van der Waals surface area contributed by atoms with Gasteiger partial charge in [0, 0.05) is 18.1 Å². The molecule has 1 aromatic carbocycles. The van der Waals surface area contributed by atoms with E-state index < -0.39 is 17.3 Å². The second-order valence-corrected chi connectivity index (χ2v) is 8.42. The number of anilines is 1. The molecule has 0 bridgehead atoms. The number of nitrogens with two attached hydrogens (primary N) is 1. The summed E-state index contributed by atoms with van der Waals surface area (Å²) < 4.78 is 0. The van der Waals surface area contributed by atoms with Crippen LogP contribution in [0.15, 0.2) is 29.3 Å². The second-order valence-electron chi connectivity index (χ2n) is 6.89. The standard InChI is InChI=1S/C21H20ClN5O2S/c1-2-15-16(9-23)20(27-8-7-14(28)11-27)26-21(17(15)10-24)30-18(19(25)29)12-3-5-13(22)6-4-12/h3-6,14,18,28H,2,7-8,11H2,1H3,(H2,25,29). The highest BCUT2D eigenvalue weighted by Gasteiger charge is 2.29. The summed E-state index contributed by atoms with van der Waals surface area (Å²) in [6, 6.07) is 11.1. The van der Waals surface area contributed by atoms with Gasteiger partial charge >= 0.3 is 0 Å². The van der Waals surface area contributed by atoms with Gasteiger partial charge in [-0.1, -0.05) is 42.4 Å². The van der Waals surface area contributed by atoms with Crippen molar-refractivity contribution in [3.8, 4) is 12.1 Å². The van der Waals surface area contributed by atoms with E-state index in [0.717, 1.165) is 11.8 Å². The number of aliphatic hydroxyl groups is 1. The third-order valence-electron chi connectivity index (χ3n) is 4.95. The third-order valence-corrected chi connectivity index (χ3v) is 6.46. The largest absolute Gasteiger partial charge is 0.391 e. The summed E-state index contributed by atoms with van der Waals surface area (Å²) in [7, 11) is 0. The molecule has 1 aromatic heterocycles. The third kappa shape index (κ3) is 4.36. The van der Waals surface area contributed by atoms with Gasteiger partial charge in [0.1, 0.15) is 28.2 Å². The molecule has 7 nitrogen and oxygen atoms in total. The highest BCUT2D eigenvalue weighted by Crippen LogP contribution is 2.40. The first kappa shape index (κ1) is 21.9. The van der Waals surface area contributed by atoms with Gasteiger partial charge in [-0.3, -0.25) is 4.79 Å². The fraction of sp³-hybridized carbons (Fsp3) is 0.333. The number of nitriles is 2. The van der Waals surface area contributed by atoms with Gasteiger partial charge in [-0.2, -0.15) is 10.5 Å². The van der Waals surface area contributed by atoms with Crippen LogP contribution in [-0.2, 0) is 11.2 Å². The Morgan fingerprint density at radius 1 is 1.37 bits per heavy atom. The van der Waals surface area contributed by atoms with Gasteiger partial charge < -0.3 is 15.7 Å². The summed E-state index contributed by atoms with van der Waals surface area (Å²) in [5.41, 5.74) is 7.47. The first-order chi connectivity index (χ1) is 14.4. The first-order valence-electron chi connectivity index (χ1n) is 9.41. The molecule has 2 atom stereocenters. The van der Waals surface area contributed by atoms with E-state index in [2.05, 4.69) is 17.1 Å². The SMILES string of the molecule is CCc1c(C#N)c(SC(C(N)=O)c2ccc(Cl)cc2)nc(N2CCC(O)C2)c1C#N. The number of nitrogens with zero attached hydrogens (tertiary/aromatic N) is 4. The fourth-order valence-electron chi connectivity index (χ4n) is 3.47. The summed E-state index contributed by atoms with van der Waals surface area (Å²) in [5.74, 6) is -0.153. The van der Waals surface area contributed by atoms with Crippen LogP contribution in [0.5, 0.6) is 0 Å². The minimum absolute atomic E-state index is 0.266. The molecule has 1 aliphatic rings. The summed E-state index contributed by atoms with van der Waals surface area (Å²) in [4.78, 5) is 18.7. The van der Waals surface area contributed by atoms with E-state index >= 15 is 0 Å². The van der Waals surface area contributed by atoms with E-state index in [-0.39, 0.29) is 5.56 Å². The van der Waals surface area contributed by atoms with Gasteiger partial charge in [-0.05, 0) is 36.1 Å². The highest BCUT2D eigenvalue weighted by molar-refractivity contribution is 8.00. The molecule has 0 saturated carbocycles. The molecular weight excluding hydrogens is 422 g/mol. The maximum Gasteiger partial charge on any atom is 0.235 e. The predicted molar refractivity (Wildman–Crippen MR) is 115 cm³/mol. The van der Waals surface area contributed by atoms with Crippen molar-refractivity contribution in [1.29, 1.82) is 10.5 Å². The molecule has 2 aromatic rings. The summed E-state index contributed by atoms with van der Waals surface area (Å²) in [5, 5.41) is 29.6. The normalized spacial score (nSPS) is 16.7. The van der Waals surface area contributed by atoms with Gasteiger partial charge in [0.15, 0.2) is 0 Å². The molecule has 1 saturated heterocycles. The van der Waals surface area contributed by atoms with Crippen LogP contribution in [0, 0.1) is 22.7 Å². The van der Waals surface area contributed by atoms with Gasteiger partial charge in [-0.15, -0.1) is 0 Å². The number of aliphatic hydroxyl groups excluding tert-OH is 1. The lowest BCUT2D eigenvalue weighted by molar-refractivity contribution is -0.117. The lowest BCUT2D eigenvalue weighted by Crippen LogP contribution is -2.25. The Labute approximate surface area is 184 Å². The van der Waals surface area contributed by atoms with E-state index in [1.807, 2.05) is 11.8 Å². The lowest BCUT2D eigenvalue weighted by Gasteiger charge is -2.22. The molecule has 3 rings (SSSR count). The molecule has 30 heavy (non-hydrogen) atoms. The molecule has 1 aliphatic heterocycles. The summed E-state index contributed by atoms with van der Waals surface area (Å²) in [6.07, 6.45) is 0.529. The molecule has 154 valence electrons. The van der Waals surface area contributed by atoms with Crippen LogP contribution < -0.4 is 10.6 Å². The zero-order valence-corrected chi connectivity index (χ0v) is 17.9. The zero-order chi connectivity index (χ0) is 21.8. The van der Waals surface area contributed by atoms with Crippen LogP contribution in [0.1, 0.15) is 40.8 Å². The van der Waals surface area contributed by atoms with Crippen LogP contribution in [0.25, 0.3) is 0 Å². The van der Waals surface area contributed by atoms with Crippen molar-refractivity contribution in [2.24, 2.45) is 5.73 Å². The Morgan fingerprint density at radius 3 is 2.53 bits per heavy atom. The van der Waals surface area contributed by atoms with Crippen LogP contribution in [0.3, 0.4) is 0 Å². The predicted octanol–water partition coefficient (Wildman–Crippen LogP) is 2.93. The first-order valence-corrected chi connectivity index (χ1v) is 10.7. The number of carbonyl (C=O) groups excluding carboxylic acids is 1. The zero-order valence-electron chi connectivity index (χ0n) is 16.3. The number of thioether (sulfide) groups is 1. The molecule has 9 heteroatoms. The van der Waals surface area contributed by atoms with Crippen molar-refractivity contribution in [3.63, 3.8) is 0 Å². The Kier molecular flexibility index (Phi) is 6.84. The van der Waals surface area contributed by atoms with Crippen molar-refractivity contribution in [1.82, 2.24) is 4.98 Å². The van der Waals surface area contributed by atoms with Crippen molar-refractivity contribution in [3.05, 3.63) is 51.5 Å². The second kappa shape index (κ2) is 9.36. The summed E-state index contributed by atoms with van der Waals surface area (Å²) >= 11 is 7.03. The monoisotopic (exact) mass is 441 g/mol. The topological polar surface area (TPSA) is 127 Å². The Balaban J connectivity index is 2.12. The number of aromatic nitrogens is 1. The van der Waals surface area contributed by atoms with Crippen molar-refractivity contribution in [2.75, 3.05) is 18.0 Å². The number of benzene rings is 1. The Hall–Kier alpha value is -2.78. The van der Waals surface area contributed by atoms with Crippen molar-refractivity contribution < 1.29 is 9.90 Å². The molecule has 1 fully saturated rings. The number of β-amino-alcohol motifs (C(OH)–C–C–N with tert-alkyl or cyclic N) is 1. The number of hydrogen-bond donors (Lipinski definition) is 2. The number of hydrogen-bond acceptors (Lipinski definition) is 7. The number of halogens is 1. The van der Waals surface area contributed by atoms with Crippen LogP contribution in [0.2, 0.25) is 5.02 Å². The number of pyridine rings is 1. The maximum absolute atomic E-state index is 12.2. The van der Waals surface area contributed by atoms with Crippen molar-refractivity contribution in [2.45, 2.75) is 36.1 Å². The highest BCUT2D eigenvalue weighted by atomic mass is 35.5. The van der Waals surface area contributed by atoms with Gasteiger partial charge in [0.05, 0.1) is 17.2 Å². The van der Waals surface area contributed by atoms with Gasteiger partial charge in [-0.25, -0.2) is 4.98 Å². The number of rotatable bonds is 6. The minimum Gasteiger partial charge on any atom is -0.391 e. The molecule has 0 aliphatic carbocycles. The van der Waals surface area contributed by atoms with Crippen LogP contribution >= 0.6 is 23.4 Å². The smallest absolute Gasteiger partial charge is 0.235 e. The fourth-order valence-corrected chi connectivity index (χ4v) is 4.66. The molecule has 3 N–H and O–H groups in total. The van der Waals surface area contributed by atoms with E-state index in [1.54, 1.807) is 24.3 Å². The van der Waals surface area contributed by atoms with Crippen LogP contribution in [-0.4, -0.2) is 35.2 Å². The Bertz CT molecular complexity index is 1050. The maximum atomic E-state index is 12.2. The van der Waals surface area contributed by atoms with Gasteiger partial charge in [0.25, 0.3) is 0 Å². The average molecular weight is 442 g/mol. The number of primary amides is 1. The van der Waals surface area contributed by atoms with Crippen LogP contribution in [0.4, 0.5) is 5.82 Å². The van der Waals surface area contributed by atoms with E-state index in [9.17, 15) is 20.4 Å². The minimum atomic E-state index is -0.781. The molecule has 1 amide bonds.